The standard InChI is InChI=1S/C49H76O2/c1-12-37(2)20-13-21-38(3)22-14-23-39(4)24-15-25-40(5)26-16-27-41(6)28-17-29-42(7)30-18-31-43(8)32-19-33-44(9)34-35-47-36-48(50)45(10)46(11)49(47)51/h20,22,24,26,28,30,32,34,36,50-51H,12-19,21,23,25,27,29,31,33,35H2,1-11H3/b37-20+,38-22+,39-24+,40-26+,41-28+,42-30+,43-32+,44-34+. The van der Waals surface area contributed by atoms with Crippen molar-refractivity contribution in [3.63, 3.8) is 0 Å². The van der Waals surface area contributed by atoms with Gasteiger partial charge in [-0.2, -0.15) is 0 Å². The molecule has 0 aromatic heterocycles. The number of phenolic OH excluding ortho intramolecular Hbond substituents is 2. The first-order chi connectivity index (χ1) is 24.2. The molecule has 0 spiro atoms. The lowest BCUT2D eigenvalue weighted by Crippen LogP contribution is -1.91. The van der Waals surface area contributed by atoms with E-state index in [-0.39, 0.29) is 5.75 Å². The number of benzene rings is 1. The first-order valence-electron chi connectivity index (χ1n) is 20.0. The van der Waals surface area contributed by atoms with Gasteiger partial charge in [0.1, 0.15) is 11.5 Å². The van der Waals surface area contributed by atoms with Crippen LogP contribution in [0, 0.1) is 13.8 Å². The van der Waals surface area contributed by atoms with Crippen LogP contribution >= 0.6 is 0 Å². The van der Waals surface area contributed by atoms with Crippen LogP contribution in [0.4, 0.5) is 0 Å². The molecule has 51 heavy (non-hydrogen) atoms. The molecule has 2 heteroatoms. The summed E-state index contributed by atoms with van der Waals surface area (Å²) in [4.78, 5) is 0. The van der Waals surface area contributed by atoms with E-state index < -0.39 is 0 Å². The lowest BCUT2D eigenvalue weighted by molar-refractivity contribution is 0.448. The number of phenols is 2. The van der Waals surface area contributed by atoms with Crippen LogP contribution in [0.1, 0.15) is 175 Å². The Kier molecular flexibility index (Phi) is 23.8. The molecule has 0 fully saturated rings. The maximum absolute atomic E-state index is 10.4. The van der Waals surface area contributed by atoms with Crippen molar-refractivity contribution >= 4 is 0 Å². The minimum absolute atomic E-state index is 0.255. The number of allylic oxidation sites excluding steroid dienone is 16. The van der Waals surface area contributed by atoms with Gasteiger partial charge < -0.3 is 10.2 Å². The summed E-state index contributed by atoms with van der Waals surface area (Å²) in [7, 11) is 0. The molecule has 0 saturated carbocycles. The Morgan fingerprint density at radius 1 is 0.431 bits per heavy atom. The maximum atomic E-state index is 10.4. The second kappa shape index (κ2) is 26.5. The van der Waals surface area contributed by atoms with Gasteiger partial charge in [-0.15, -0.1) is 0 Å². The second-order valence-corrected chi connectivity index (χ2v) is 15.4. The first kappa shape index (κ1) is 45.8. The molecule has 0 atom stereocenters. The van der Waals surface area contributed by atoms with Crippen LogP contribution in [0.25, 0.3) is 0 Å². The molecule has 2 N–H and O–H groups in total. The highest BCUT2D eigenvalue weighted by atomic mass is 16.3. The Morgan fingerprint density at radius 2 is 0.706 bits per heavy atom. The average molecular weight is 697 g/mol. The predicted octanol–water partition coefficient (Wildman–Crippen LogP) is 15.7. The Morgan fingerprint density at radius 3 is 1.00 bits per heavy atom. The van der Waals surface area contributed by atoms with E-state index in [2.05, 4.69) is 111 Å². The van der Waals surface area contributed by atoms with Gasteiger partial charge in [-0.1, -0.05) is 100 Å². The van der Waals surface area contributed by atoms with Gasteiger partial charge in [0.15, 0.2) is 0 Å². The van der Waals surface area contributed by atoms with Crippen LogP contribution in [0.15, 0.2) is 99.3 Å². The minimum Gasteiger partial charge on any atom is -0.508 e. The van der Waals surface area contributed by atoms with Crippen LogP contribution in [-0.4, -0.2) is 10.2 Å². The molecule has 2 nitrogen and oxygen atoms in total. The van der Waals surface area contributed by atoms with E-state index in [0.29, 0.717) is 12.2 Å². The first-order valence-corrected chi connectivity index (χ1v) is 20.0. The van der Waals surface area contributed by atoms with Crippen LogP contribution in [0.2, 0.25) is 0 Å². The predicted molar refractivity (Wildman–Crippen MR) is 228 cm³/mol. The maximum Gasteiger partial charge on any atom is 0.122 e. The minimum atomic E-state index is 0.255. The van der Waals surface area contributed by atoms with Gasteiger partial charge in [0.05, 0.1) is 0 Å². The zero-order valence-electron chi connectivity index (χ0n) is 34.9. The van der Waals surface area contributed by atoms with E-state index in [4.69, 9.17) is 0 Å². The summed E-state index contributed by atoms with van der Waals surface area (Å²) in [5, 5.41) is 20.5. The molecule has 0 aliphatic heterocycles. The third kappa shape index (κ3) is 21.6. The van der Waals surface area contributed by atoms with Gasteiger partial charge in [-0.25, -0.2) is 0 Å². The molecule has 1 aromatic rings. The highest BCUT2D eigenvalue weighted by Crippen LogP contribution is 2.32. The number of hydrogen-bond donors (Lipinski definition) is 2. The molecule has 0 heterocycles. The molecular formula is C49H76O2. The summed E-state index contributed by atoms with van der Waals surface area (Å²) in [6, 6.07) is 1.69. The van der Waals surface area contributed by atoms with Crippen LogP contribution in [-0.2, 0) is 6.42 Å². The van der Waals surface area contributed by atoms with E-state index in [1.807, 2.05) is 13.8 Å². The summed E-state index contributed by atoms with van der Waals surface area (Å²) >= 11 is 0. The summed E-state index contributed by atoms with van der Waals surface area (Å²) in [5.74, 6) is 0.555. The zero-order chi connectivity index (χ0) is 38.2. The van der Waals surface area contributed by atoms with Crippen molar-refractivity contribution in [3.8, 4) is 11.5 Å². The molecule has 0 bridgehead atoms. The van der Waals surface area contributed by atoms with E-state index in [0.717, 1.165) is 87.3 Å². The highest BCUT2D eigenvalue weighted by molar-refractivity contribution is 5.51. The van der Waals surface area contributed by atoms with Gasteiger partial charge in [0.2, 0.25) is 0 Å². The van der Waals surface area contributed by atoms with Crippen LogP contribution in [0.3, 0.4) is 0 Å². The fourth-order valence-electron chi connectivity index (χ4n) is 6.07. The molecule has 1 rings (SSSR count). The van der Waals surface area contributed by atoms with Crippen molar-refractivity contribution in [3.05, 3.63) is 116 Å². The van der Waals surface area contributed by atoms with E-state index in [1.54, 1.807) is 6.07 Å². The van der Waals surface area contributed by atoms with Crippen molar-refractivity contribution < 1.29 is 10.2 Å². The normalized spacial score (nSPS) is 14.6. The van der Waals surface area contributed by atoms with E-state index in [9.17, 15) is 10.2 Å². The van der Waals surface area contributed by atoms with Gasteiger partial charge in [0, 0.05) is 5.56 Å². The monoisotopic (exact) mass is 697 g/mol. The molecule has 0 radical (unpaired) electrons. The van der Waals surface area contributed by atoms with Crippen molar-refractivity contribution in [2.75, 3.05) is 0 Å². The third-order valence-corrected chi connectivity index (χ3v) is 10.4. The van der Waals surface area contributed by atoms with Gasteiger partial charge in [-0.05, 0) is 189 Å². The Bertz CT molecular complexity index is 1450. The largest absolute Gasteiger partial charge is 0.508 e. The number of hydrogen-bond acceptors (Lipinski definition) is 2. The van der Waals surface area contributed by atoms with E-state index >= 15 is 0 Å². The third-order valence-electron chi connectivity index (χ3n) is 10.4. The van der Waals surface area contributed by atoms with Crippen molar-refractivity contribution in [1.82, 2.24) is 0 Å². The molecule has 0 unspecified atom stereocenters. The molecule has 284 valence electrons. The summed E-state index contributed by atoms with van der Waals surface area (Å²) in [5.41, 5.74) is 14.1. The van der Waals surface area contributed by atoms with Crippen LogP contribution < -0.4 is 0 Å². The summed E-state index contributed by atoms with van der Waals surface area (Å²) < 4.78 is 0. The molecular weight excluding hydrogens is 621 g/mol. The molecule has 0 aliphatic carbocycles. The highest BCUT2D eigenvalue weighted by Gasteiger charge is 2.10. The van der Waals surface area contributed by atoms with E-state index in [1.165, 1.54) is 70.3 Å². The van der Waals surface area contributed by atoms with Gasteiger partial charge >= 0.3 is 0 Å². The van der Waals surface area contributed by atoms with Crippen molar-refractivity contribution in [1.29, 1.82) is 0 Å². The lowest BCUT2D eigenvalue weighted by atomic mass is 9.99. The topological polar surface area (TPSA) is 40.5 Å². The number of aromatic hydroxyl groups is 2. The second-order valence-electron chi connectivity index (χ2n) is 15.4. The van der Waals surface area contributed by atoms with Crippen molar-refractivity contribution in [2.45, 2.75) is 179 Å². The Labute approximate surface area is 315 Å². The SMILES string of the molecule is CC/C(C)=C/CC/C(C)=C/CC/C(C)=C/CC/C(C)=C/CC/C(C)=C/CC/C(C)=C/CC/C(C)=C/CC/C(C)=C/Cc1cc(O)c(C)c(C)c1O. The summed E-state index contributed by atoms with van der Waals surface area (Å²) in [6.45, 7) is 24.0. The smallest absolute Gasteiger partial charge is 0.122 e. The summed E-state index contributed by atoms with van der Waals surface area (Å²) in [6.07, 6.45) is 36.8. The number of rotatable bonds is 24. The molecule has 0 saturated heterocycles. The van der Waals surface area contributed by atoms with Crippen LogP contribution in [0.5, 0.6) is 11.5 Å². The Balaban J connectivity index is 2.29. The quantitative estimate of drug-likeness (QED) is 0.0834. The lowest BCUT2D eigenvalue weighted by Gasteiger charge is -2.10. The Hall–Kier alpha value is -3.26. The van der Waals surface area contributed by atoms with Crippen molar-refractivity contribution in [2.24, 2.45) is 0 Å². The fraction of sp³-hybridized carbons (Fsp3) is 0.551. The zero-order valence-corrected chi connectivity index (χ0v) is 34.9. The molecule has 0 amide bonds. The van der Waals surface area contributed by atoms with Gasteiger partial charge in [-0.3, -0.25) is 0 Å². The molecule has 0 aliphatic rings. The molecule has 1 aromatic carbocycles. The fourth-order valence-corrected chi connectivity index (χ4v) is 6.07. The van der Waals surface area contributed by atoms with Gasteiger partial charge in [0.25, 0.3) is 0 Å². The average Bonchev–Trinajstić information content (AvgIpc) is 3.08.